The largest absolute Gasteiger partial charge is 0.461 e. The third-order valence-corrected chi connectivity index (χ3v) is 4.42. The van der Waals surface area contributed by atoms with Gasteiger partial charge in [-0.15, -0.1) is 10.2 Å². The van der Waals surface area contributed by atoms with Crippen molar-refractivity contribution in [2.75, 3.05) is 5.75 Å². The number of nitrogens with zero attached hydrogens (tertiary/aromatic N) is 4. The van der Waals surface area contributed by atoms with Crippen molar-refractivity contribution in [3.8, 4) is 17.7 Å². The van der Waals surface area contributed by atoms with Gasteiger partial charge in [-0.25, -0.2) is 0 Å². The van der Waals surface area contributed by atoms with Gasteiger partial charge in [-0.3, -0.25) is 4.57 Å². The molecule has 1 aliphatic carbocycles. The minimum atomic E-state index is 0.392. The van der Waals surface area contributed by atoms with E-state index in [9.17, 15) is 0 Å². The second-order valence-electron chi connectivity index (χ2n) is 4.89. The summed E-state index contributed by atoms with van der Waals surface area (Å²) < 4.78 is 7.64. The third kappa shape index (κ3) is 2.59. The zero-order valence-corrected chi connectivity index (χ0v) is 12.0. The summed E-state index contributed by atoms with van der Waals surface area (Å²) in [5, 5.41) is 18.1. The SMILES string of the molecule is N#CCSc1nnc(-c2ccco2)n1C1CCCCC1. The van der Waals surface area contributed by atoms with Crippen LogP contribution in [0.1, 0.15) is 38.1 Å². The van der Waals surface area contributed by atoms with Gasteiger partial charge in [0.15, 0.2) is 10.9 Å². The van der Waals surface area contributed by atoms with E-state index in [1.165, 1.54) is 31.0 Å². The molecule has 104 valence electrons. The maximum absolute atomic E-state index is 8.77. The summed E-state index contributed by atoms with van der Waals surface area (Å²) in [4.78, 5) is 0. The Morgan fingerprint density at radius 2 is 2.20 bits per heavy atom. The van der Waals surface area contributed by atoms with Gasteiger partial charge in [-0.1, -0.05) is 31.0 Å². The summed E-state index contributed by atoms with van der Waals surface area (Å²) >= 11 is 1.45. The van der Waals surface area contributed by atoms with Gasteiger partial charge in [-0.05, 0) is 25.0 Å². The van der Waals surface area contributed by atoms with Gasteiger partial charge in [-0.2, -0.15) is 5.26 Å². The molecule has 3 rings (SSSR count). The normalized spacial score (nSPS) is 16.1. The van der Waals surface area contributed by atoms with E-state index in [0.717, 1.165) is 29.6 Å². The Bertz CT molecular complexity index is 593. The Kier molecular flexibility index (Phi) is 4.07. The number of furan rings is 1. The Balaban J connectivity index is 1.97. The van der Waals surface area contributed by atoms with Gasteiger partial charge in [0.2, 0.25) is 5.82 Å². The number of nitriles is 1. The molecule has 0 N–H and O–H groups in total. The number of rotatable bonds is 4. The summed E-state index contributed by atoms with van der Waals surface area (Å²) in [5.74, 6) is 1.91. The molecule has 2 aromatic heterocycles. The van der Waals surface area contributed by atoms with Crippen LogP contribution in [0.15, 0.2) is 28.0 Å². The number of thioether (sulfide) groups is 1. The van der Waals surface area contributed by atoms with E-state index >= 15 is 0 Å². The molecule has 5 nitrogen and oxygen atoms in total. The molecule has 6 heteroatoms. The predicted octanol–water partition coefficient (Wildman–Crippen LogP) is 3.66. The summed E-state index contributed by atoms with van der Waals surface area (Å²) in [6.45, 7) is 0. The number of hydrogen-bond acceptors (Lipinski definition) is 5. The standard InChI is InChI=1S/C14H16N4OS/c15-8-10-20-14-17-16-13(12-7-4-9-19-12)18(14)11-5-2-1-3-6-11/h4,7,9,11H,1-3,5-6,10H2. The number of hydrogen-bond donors (Lipinski definition) is 0. The average molecular weight is 288 g/mol. The monoisotopic (exact) mass is 288 g/mol. The topological polar surface area (TPSA) is 67.6 Å². The van der Waals surface area contributed by atoms with Crippen molar-refractivity contribution in [3.05, 3.63) is 18.4 Å². The van der Waals surface area contributed by atoms with Gasteiger partial charge in [0.05, 0.1) is 18.1 Å². The van der Waals surface area contributed by atoms with Crippen LogP contribution in [0, 0.1) is 11.3 Å². The first kappa shape index (κ1) is 13.3. The van der Waals surface area contributed by atoms with E-state index in [-0.39, 0.29) is 0 Å². The fraction of sp³-hybridized carbons (Fsp3) is 0.500. The molecule has 0 amide bonds. The first-order valence-corrected chi connectivity index (χ1v) is 7.87. The maximum Gasteiger partial charge on any atom is 0.200 e. The van der Waals surface area contributed by atoms with E-state index in [4.69, 9.17) is 9.68 Å². The fourth-order valence-electron chi connectivity index (χ4n) is 2.71. The highest BCUT2D eigenvalue weighted by Crippen LogP contribution is 2.35. The molecule has 0 radical (unpaired) electrons. The molecule has 1 fully saturated rings. The lowest BCUT2D eigenvalue weighted by Crippen LogP contribution is -2.15. The lowest BCUT2D eigenvalue weighted by Gasteiger charge is -2.25. The zero-order valence-electron chi connectivity index (χ0n) is 11.2. The van der Waals surface area contributed by atoms with Crippen molar-refractivity contribution < 1.29 is 4.42 Å². The van der Waals surface area contributed by atoms with Crippen LogP contribution in [-0.2, 0) is 0 Å². The van der Waals surface area contributed by atoms with Crippen LogP contribution in [-0.4, -0.2) is 20.5 Å². The van der Waals surface area contributed by atoms with Crippen molar-refractivity contribution in [1.29, 1.82) is 5.26 Å². The summed E-state index contributed by atoms with van der Waals surface area (Å²) in [5.41, 5.74) is 0. The molecule has 2 aromatic rings. The van der Waals surface area contributed by atoms with Crippen LogP contribution < -0.4 is 0 Å². The first-order valence-electron chi connectivity index (χ1n) is 6.88. The number of aromatic nitrogens is 3. The zero-order chi connectivity index (χ0) is 13.8. The maximum atomic E-state index is 8.77. The fourth-order valence-corrected chi connectivity index (χ4v) is 3.38. The van der Waals surface area contributed by atoms with Gasteiger partial charge in [0, 0.05) is 6.04 Å². The van der Waals surface area contributed by atoms with Crippen molar-refractivity contribution in [1.82, 2.24) is 14.8 Å². The van der Waals surface area contributed by atoms with Crippen LogP contribution in [0.25, 0.3) is 11.6 Å². The molecule has 1 saturated carbocycles. The molecule has 1 aliphatic rings. The van der Waals surface area contributed by atoms with Crippen molar-refractivity contribution in [2.24, 2.45) is 0 Å². The van der Waals surface area contributed by atoms with Gasteiger partial charge in [0.1, 0.15) is 0 Å². The lowest BCUT2D eigenvalue weighted by molar-refractivity contribution is 0.337. The molecule has 0 saturated heterocycles. The van der Waals surface area contributed by atoms with E-state index in [0.29, 0.717) is 11.8 Å². The highest BCUT2D eigenvalue weighted by Gasteiger charge is 2.24. The summed E-state index contributed by atoms with van der Waals surface area (Å²) in [7, 11) is 0. The Morgan fingerprint density at radius 3 is 2.90 bits per heavy atom. The van der Waals surface area contributed by atoms with Gasteiger partial charge in [0.25, 0.3) is 0 Å². The van der Waals surface area contributed by atoms with Crippen LogP contribution in [0.3, 0.4) is 0 Å². The van der Waals surface area contributed by atoms with Crippen LogP contribution >= 0.6 is 11.8 Å². The Labute approximate surface area is 122 Å². The predicted molar refractivity (Wildman–Crippen MR) is 76.2 cm³/mol. The molecule has 0 aliphatic heterocycles. The smallest absolute Gasteiger partial charge is 0.200 e. The molecule has 20 heavy (non-hydrogen) atoms. The molecular formula is C14H16N4OS. The highest BCUT2D eigenvalue weighted by atomic mass is 32.2. The molecule has 0 aromatic carbocycles. The van der Waals surface area contributed by atoms with Crippen LogP contribution in [0.5, 0.6) is 0 Å². The van der Waals surface area contributed by atoms with Crippen molar-refractivity contribution >= 4 is 11.8 Å². The molecule has 0 spiro atoms. The van der Waals surface area contributed by atoms with Crippen LogP contribution in [0.4, 0.5) is 0 Å². The average Bonchev–Trinajstić information content (AvgIpc) is 3.15. The third-order valence-electron chi connectivity index (χ3n) is 3.61. The minimum absolute atomic E-state index is 0.392. The van der Waals surface area contributed by atoms with Gasteiger partial charge >= 0.3 is 0 Å². The lowest BCUT2D eigenvalue weighted by atomic mass is 9.95. The molecule has 0 unspecified atom stereocenters. The van der Waals surface area contributed by atoms with E-state index in [1.807, 2.05) is 12.1 Å². The van der Waals surface area contributed by atoms with E-state index < -0.39 is 0 Å². The molecule has 2 heterocycles. The van der Waals surface area contributed by atoms with Crippen molar-refractivity contribution in [2.45, 2.75) is 43.3 Å². The summed E-state index contributed by atoms with van der Waals surface area (Å²) in [6, 6.07) is 6.33. The molecular weight excluding hydrogens is 272 g/mol. The molecule has 0 atom stereocenters. The van der Waals surface area contributed by atoms with E-state index in [1.54, 1.807) is 6.26 Å². The van der Waals surface area contributed by atoms with Crippen LogP contribution in [0.2, 0.25) is 0 Å². The van der Waals surface area contributed by atoms with Crippen molar-refractivity contribution in [3.63, 3.8) is 0 Å². The van der Waals surface area contributed by atoms with E-state index in [2.05, 4.69) is 20.8 Å². The molecule has 0 bridgehead atoms. The second kappa shape index (κ2) is 6.14. The summed E-state index contributed by atoms with van der Waals surface area (Å²) in [6.07, 6.45) is 7.72. The first-order chi connectivity index (χ1) is 9.90. The minimum Gasteiger partial charge on any atom is -0.461 e. The highest BCUT2D eigenvalue weighted by molar-refractivity contribution is 7.99. The Morgan fingerprint density at radius 1 is 1.35 bits per heavy atom. The quantitative estimate of drug-likeness (QED) is 0.803. The Hall–Kier alpha value is -1.74. The second-order valence-corrected chi connectivity index (χ2v) is 5.83. The van der Waals surface area contributed by atoms with Gasteiger partial charge < -0.3 is 4.42 Å².